The van der Waals surface area contributed by atoms with E-state index >= 15 is 0 Å². The average molecular weight is 392 g/mol. The number of amides is 2. The summed E-state index contributed by atoms with van der Waals surface area (Å²) in [5, 5.41) is 10.5. The number of methoxy groups -OCH3 is 1. The van der Waals surface area contributed by atoms with Gasteiger partial charge in [0.2, 0.25) is 5.91 Å². The van der Waals surface area contributed by atoms with E-state index in [1.165, 1.54) is 0 Å². The molecule has 1 atom stereocenters. The van der Waals surface area contributed by atoms with E-state index in [0.29, 0.717) is 37.2 Å². The maximum Gasteiger partial charge on any atom is 0.410 e. The molecule has 0 aromatic heterocycles. The van der Waals surface area contributed by atoms with Gasteiger partial charge < -0.3 is 24.4 Å². The lowest BCUT2D eigenvalue weighted by Gasteiger charge is -2.34. The molecule has 0 aliphatic carbocycles. The third kappa shape index (κ3) is 6.12. The molecule has 1 unspecified atom stereocenters. The van der Waals surface area contributed by atoms with Gasteiger partial charge in [-0.1, -0.05) is 12.1 Å². The molecule has 1 aromatic carbocycles. The lowest BCUT2D eigenvalue weighted by Crippen LogP contribution is -2.45. The highest BCUT2D eigenvalue weighted by atomic mass is 16.6. The lowest BCUT2D eigenvalue weighted by molar-refractivity contribution is -0.137. The minimum absolute atomic E-state index is 0.00853. The van der Waals surface area contributed by atoms with Crippen LogP contribution >= 0.6 is 0 Å². The van der Waals surface area contributed by atoms with Crippen LogP contribution in [0.15, 0.2) is 24.3 Å². The van der Waals surface area contributed by atoms with Gasteiger partial charge in [0.15, 0.2) is 0 Å². The molecule has 2 rings (SSSR count). The van der Waals surface area contributed by atoms with E-state index < -0.39 is 11.7 Å². The van der Waals surface area contributed by atoms with Crippen molar-refractivity contribution in [1.29, 1.82) is 0 Å². The highest BCUT2D eigenvalue weighted by Gasteiger charge is 2.31. The van der Waals surface area contributed by atoms with Crippen LogP contribution in [0.3, 0.4) is 0 Å². The number of carbonyl (C=O) groups excluding carboxylic acids is 2. The van der Waals surface area contributed by atoms with Gasteiger partial charge in [-0.25, -0.2) is 4.79 Å². The number of likely N-dealkylation sites (N-methyl/N-ethyl adjacent to an activating group) is 1. The Labute approximate surface area is 167 Å². The number of nitrogens with zero attached hydrogens (tertiary/aromatic N) is 2. The summed E-state index contributed by atoms with van der Waals surface area (Å²) < 4.78 is 10.6. The summed E-state index contributed by atoms with van der Waals surface area (Å²) in [5.74, 6) is 0.507. The van der Waals surface area contributed by atoms with Gasteiger partial charge in [0.1, 0.15) is 11.4 Å². The minimum Gasteiger partial charge on any atom is -0.497 e. The van der Waals surface area contributed by atoms with Crippen molar-refractivity contribution in [2.24, 2.45) is 5.92 Å². The van der Waals surface area contributed by atoms with Crippen LogP contribution < -0.4 is 4.74 Å². The number of ether oxygens (including phenoxy) is 2. The molecule has 0 spiro atoms. The fourth-order valence-corrected chi connectivity index (χ4v) is 3.25. The van der Waals surface area contributed by atoms with Gasteiger partial charge in [-0.3, -0.25) is 4.79 Å². The summed E-state index contributed by atoms with van der Waals surface area (Å²) in [4.78, 5) is 28.1. The number of rotatable bonds is 5. The molecular weight excluding hydrogens is 360 g/mol. The Hall–Kier alpha value is -2.28. The van der Waals surface area contributed by atoms with Gasteiger partial charge >= 0.3 is 6.09 Å². The Morgan fingerprint density at radius 1 is 1.29 bits per heavy atom. The van der Waals surface area contributed by atoms with Crippen molar-refractivity contribution in [3.8, 4) is 5.75 Å². The molecule has 1 heterocycles. The van der Waals surface area contributed by atoms with Gasteiger partial charge in [-0.15, -0.1) is 0 Å². The highest BCUT2D eigenvalue weighted by molar-refractivity contribution is 5.79. The second-order valence-electron chi connectivity index (χ2n) is 8.25. The zero-order chi connectivity index (χ0) is 20.9. The molecule has 1 aromatic rings. The quantitative estimate of drug-likeness (QED) is 0.834. The van der Waals surface area contributed by atoms with Crippen molar-refractivity contribution in [2.45, 2.75) is 45.3 Å². The Balaban J connectivity index is 1.86. The largest absolute Gasteiger partial charge is 0.497 e. The van der Waals surface area contributed by atoms with Crippen LogP contribution in [-0.4, -0.2) is 66.3 Å². The van der Waals surface area contributed by atoms with Gasteiger partial charge in [-0.2, -0.15) is 0 Å². The third-order valence-corrected chi connectivity index (χ3v) is 4.80. The average Bonchev–Trinajstić information content (AvgIpc) is 2.66. The van der Waals surface area contributed by atoms with Crippen molar-refractivity contribution in [3.05, 3.63) is 29.8 Å². The van der Waals surface area contributed by atoms with Crippen LogP contribution in [-0.2, 0) is 9.53 Å². The number of hydrogen-bond donors (Lipinski definition) is 1. The fraction of sp³-hybridized carbons (Fsp3) is 0.619. The molecule has 1 aliphatic heterocycles. The van der Waals surface area contributed by atoms with E-state index in [4.69, 9.17) is 9.47 Å². The summed E-state index contributed by atoms with van der Waals surface area (Å²) in [6.07, 6.45) is 0.0705. The number of piperidine rings is 1. The normalized spacial score (nSPS) is 16.4. The third-order valence-electron chi connectivity index (χ3n) is 4.80. The monoisotopic (exact) mass is 392 g/mol. The molecule has 2 amide bonds. The first-order valence-corrected chi connectivity index (χ1v) is 9.65. The summed E-state index contributed by atoms with van der Waals surface area (Å²) in [5.41, 5.74) is 0.180. The van der Waals surface area contributed by atoms with Gasteiger partial charge in [0.05, 0.1) is 19.8 Å². The number of aliphatic hydroxyl groups is 1. The van der Waals surface area contributed by atoms with Crippen molar-refractivity contribution < 1.29 is 24.2 Å². The molecule has 7 nitrogen and oxygen atoms in total. The molecule has 0 saturated carbocycles. The predicted octanol–water partition coefficient (Wildman–Crippen LogP) is 2.83. The second kappa shape index (κ2) is 9.28. The van der Waals surface area contributed by atoms with Gasteiger partial charge in [-0.05, 0) is 51.3 Å². The zero-order valence-corrected chi connectivity index (χ0v) is 17.5. The van der Waals surface area contributed by atoms with E-state index in [1.54, 1.807) is 30.0 Å². The molecule has 7 heteroatoms. The van der Waals surface area contributed by atoms with Gasteiger partial charge in [0.25, 0.3) is 0 Å². The van der Waals surface area contributed by atoms with Crippen molar-refractivity contribution in [1.82, 2.24) is 9.80 Å². The first-order chi connectivity index (χ1) is 13.1. The first-order valence-electron chi connectivity index (χ1n) is 9.65. The number of hydrogen-bond acceptors (Lipinski definition) is 5. The van der Waals surface area contributed by atoms with E-state index in [2.05, 4.69) is 0 Å². The molecule has 1 N–H and O–H groups in total. The topological polar surface area (TPSA) is 79.3 Å². The predicted molar refractivity (Wildman–Crippen MR) is 106 cm³/mol. The van der Waals surface area contributed by atoms with E-state index in [1.807, 2.05) is 39.0 Å². The van der Waals surface area contributed by atoms with E-state index in [0.717, 1.165) is 0 Å². The first kappa shape index (κ1) is 22.0. The van der Waals surface area contributed by atoms with Crippen molar-refractivity contribution in [2.75, 3.05) is 33.8 Å². The summed E-state index contributed by atoms with van der Waals surface area (Å²) in [7, 11) is 3.27. The summed E-state index contributed by atoms with van der Waals surface area (Å²) in [6.45, 7) is 6.71. The molecule has 1 fully saturated rings. The Morgan fingerprint density at radius 2 is 1.93 bits per heavy atom. The smallest absolute Gasteiger partial charge is 0.410 e. The van der Waals surface area contributed by atoms with Crippen LogP contribution in [0.5, 0.6) is 5.75 Å². The highest BCUT2D eigenvalue weighted by Crippen LogP contribution is 2.24. The number of carbonyl (C=O) groups is 2. The van der Waals surface area contributed by atoms with E-state index in [-0.39, 0.29) is 24.5 Å². The number of likely N-dealkylation sites (tertiary alicyclic amines) is 1. The Bertz CT molecular complexity index is 678. The van der Waals surface area contributed by atoms with Crippen LogP contribution in [0.1, 0.15) is 45.3 Å². The molecule has 28 heavy (non-hydrogen) atoms. The Kier molecular flexibility index (Phi) is 7.29. The fourth-order valence-electron chi connectivity index (χ4n) is 3.25. The maximum absolute atomic E-state index is 12.7. The summed E-state index contributed by atoms with van der Waals surface area (Å²) >= 11 is 0. The molecule has 1 aliphatic rings. The summed E-state index contributed by atoms with van der Waals surface area (Å²) in [6, 6.07) is 7.20. The standard InChI is InChI=1S/C21H32N2O5/c1-21(2,3)28-20(26)23-11-9-15(10-12-23)19(25)22(4)14-18(24)16-7-6-8-17(13-16)27-5/h6-8,13,15,18,24H,9-12,14H2,1-5H3. The van der Waals surface area contributed by atoms with Gasteiger partial charge in [0, 0.05) is 26.1 Å². The van der Waals surface area contributed by atoms with Crippen LogP contribution in [0, 0.1) is 5.92 Å². The Morgan fingerprint density at radius 3 is 2.50 bits per heavy atom. The molecule has 0 radical (unpaired) electrons. The van der Waals surface area contributed by atoms with Crippen molar-refractivity contribution in [3.63, 3.8) is 0 Å². The number of benzene rings is 1. The molecular formula is C21H32N2O5. The lowest BCUT2D eigenvalue weighted by atomic mass is 9.95. The van der Waals surface area contributed by atoms with Crippen LogP contribution in [0.2, 0.25) is 0 Å². The minimum atomic E-state index is -0.786. The zero-order valence-electron chi connectivity index (χ0n) is 17.5. The molecule has 156 valence electrons. The SMILES string of the molecule is COc1cccc(C(O)CN(C)C(=O)C2CCN(C(=O)OC(C)(C)C)CC2)c1. The van der Waals surface area contributed by atoms with Crippen LogP contribution in [0.4, 0.5) is 4.79 Å². The van der Waals surface area contributed by atoms with Crippen molar-refractivity contribution >= 4 is 12.0 Å². The molecule has 0 bridgehead atoms. The van der Waals surface area contributed by atoms with Crippen LogP contribution in [0.25, 0.3) is 0 Å². The number of aliphatic hydroxyl groups excluding tert-OH is 1. The van der Waals surface area contributed by atoms with E-state index in [9.17, 15) is 14.7 Å². The maximum atomic E-state index is 12.7. The molecule has 1 saturated heterocycles. The second-order valence-corrected chi connectivity index (χ2v) is 8.25.